The van der Waals surface area contributed by atoms with E-state index in [0.29, 0.717) is 6.54 Å². The first kappa shape index (κ1) is 12.8. The highest BCUT2D eigenvalue weighted by molar-refractivity contribution is 5.93. The van der Waals surface area contributed by atoms with Gasteiger partial charge in [0, 0.05) is 18.7 Å². The Hall–Kier alpha value is -2.63. The van der Waals surface area contributed by atoms with E-state index in [9.17, 15) is 9.59 Å². The highest BCUT2D eigenvalue weighted by Gasteiger charge is 2.02. The minimum absolute atomic E-state index is 0.330. The van der Waals surface area contributed by atoms with Gasteiger partial charge in [-0.05, 0) is 24.6 Å². The molecule has 0 aliphatic heterocycles. The van der Waals surface area contributed by atoms with Crippen LogP contribution in [-0.2, 0) is 16.1 Å². The smallest absolute Gasteiger partial charge is 0.328 e. The number of nitrogens with zero attached hydrogens (tertiary/aromatic N) is 1. The van der Waals surface area contributed by atoms with Crippen molar-refractivity contribution in [3.8, 4) is 0 Å². The third-order valence-electron chi connectivity index (χ3n) is 2.51. The van der Waals surface area contributed by atoms with E-state index in [1.165, 1.54) is 0 Å². The van der Waals surface area contributed by atoms with Crippen molar-refractivity contribution in [2.24, 2.45) is 0 Å². The lowest BCUT2D eigenvalue weighted by Gasteiger charge is -2.02. The molecule has 19 heavy (non-hydrogen) atoms. The topological polar surface area (TPSA) is 95.1 Å². The normalized spacial score (nSPS) is 11.0. The van der Waals surface area contributed by atoms with E-state index in [1.807, 2.05) is 25.1 Å². The third-order valence-corrected chi connectivity index (χ3v) is 2.51. The Balaban J connectivity index is 2.01. The van der Waals surface area contributed by atoms with Crippen molar-refractivity contribution in [1.82, 2.24) is 15.3 Å². The number of carbonyl (C=O) groups excluding carboxylic acids is 1. The predicted octanol–water partition coefficient (Wildman–Crippen LogP) is 1.13. The summed E-state index contributed by atoms with van der Waals surface area (Å²) < 4.78 is 0. The lowest BCUT2D eigenvalue weighted by atomic mass is 10.2. The highest BCUT2D eigenvalue weighted by atomic mass is 16.4. The van der Waals surface area contributed by atoms with Crippen LogP contribution in [0, 0.1) is 6.92 Å². The molecule has 0 bridgehead atoms. The number of carbonyl (C=O) groups is 2. The molecule has 0 aliphatic carbocycles. The fourth-order valence-electron chi connectivity index (χ4n) is 1.69. The van der Waals surface area contributed by atoms with Crippen LogP contribution in [0.2, 0.25) is 0 Å². The molecule has 0 atom stereocenters. The maximum absolute atomic E-state index is 11.3. The molecule has 0 radical (unpaired) electrons. The maximum Gasteiger partial charge on any atom is 0.328 e. The van der Waals surface area contributed by atoms with Crippen LogP contribution in [0.4, 0.5) is 0 Å². The van der Waals surface area contributed by atoms with E-state index >= 15 is 0 Å². The SMILES string of the molecule is Cc1nc2ccc(CNC(=O)/C=C/C(=O)O)cc2[nH]1. The summed E-state index contributed by atoms with van der Waals surface area (Å²) in [5.74, 6) is -0.756. The van der Waals surface area contributed by atoms with Crippen molar-refractivity contribution >= 4 is 22.9 Å². The molecule has 98 valence electrons. The number of fused-ring (bicyclic) bond motifs is 1. The van der Waals surface area contributed by atoms with Gasteiger partial charge in [-0.25, -0.2) is 9.78 Å². The Bertz CT molecular complexity index is 658. The lowest BCUT2D eigenvalue weighted by Crippen LogP contribution is -2.20. The van der Waals surface area contributed by atoms with Crippen LogP contribution in [0.25, 0.3) is 11.0 Å². The van der Waals surface area contributed by atoms with E-state index in [0.717, 1.165) is 34.6 Å². The van der Waals surface area contributed by atoms with Gasteiger partial charge in [-0.2, -0.15) is 0 Å². The number of carboxylic acid groups (broad SMARTS) is 1. The van der Waals surface area contributed by atoms with Crippen molar-refractivity contribution < 1.29 is 14.7 Å². The number of nitrogens with one attached hydrogen (secondary N) is 2. The molecule has 0 unspecified atom stereocenters. The van der Waals surface area contributed by atoms with Crippen molar-refractivity contribution in [3.05, 3.63) is 41.7 Å². The average molecular weight is 259 g/mol. The first-order valence-electron chi connectivity index (χ1n) is 5.68. The van der Waals surface area contributed by atoms with Gasteiger partial charge in [-0.3, -0.25) is 4.79 Å². The number of carboxylic acids is 1. The summed E-state index contributed by atoms with van der Waals surface area (Å²) in [6.45, 7) is 2.20. The zero-order chi connectivity index (χ0) is 13.8. The van der Waals surface area contributed by atoms with Crippen molar-refractivity contribution in [1.29, 1.82) is 0 Å². The van der Waals surface area contributed by atoms with E-state index in [2.05, 4.69) is 15.3 Å². The molecule has 0 saturated carbocycles. The van der Waals surface area contributed by atoms with Gasteiger partial charge >= 0.3 is 5.97 Å². The third kappa shape index (κ3) is 3.41. The summed E-state index contributed by atoms with van der Waals surface area (Å²) in [6.07, 6.45) is 1.79. The maximum atomic E-state index is 11.3. The van der Waals surface area contributed by atoms with Crippen molar-refractivity contribution in [2.75, 3.05) is 0 Å². The van der Waals surface area contributed by atoms with Gasteiger partial charge in [0.2, 0.25) is 5.91 Å². The Labute approximate surface area is 109 Å². The van der Waals surface area contributed by atoms with Crippen LogP contribution in [0.5, 0.6) is 0 Å². The average Bonchev–Trinajstić information content (AvgIpc) is 2.73. The molecular weight excluding hydrogens is 246 g/mol. The highest BCUT2D eigenvalue weighted by Crippen LogP contribution is 2.13. The largest absolute Gasteiger partial charge is 0.478 e. The minimum Gasteiger partial charge on any atom is -0.478 e. The fraction of sp³-hybridized carbons (Fsp3) is 0.154. The van der Waals surface area contributed by atoms with Gasteiger partial charge in [0.1, 0.15) is 5.82 Å². The number of hydrogen-bond donors (Lipinski definition) is 3. The Morgan fingerprint density at radius 1 is 1.42 bits per heavy atom. The predicted molar refractivity (Wildman–Crippen MR) is 69.5 cm³/mol. The fourth-order valence-corrected chi connectivity index (χ4v) is 1.69. The summed E-state index contributed by atoms with van der Waals surface area (Å²) in [4.78, 5) is 28.9. The van der Waals surface area contributed by atoms with Crippen LogP contribution in [0.1, 0.15) is 11.4 Å². The van der Waals surface area contributed by atoms with Gasteiger partial charge in [0.25, 0.3) is 0 Å². The quantitative estimate of drug-likeness (QED) is 0.717. The summed E-state index contributed by atoms with van der Waals surface area (Å²) in [5.41, 5.74) is 2.69. The lowest BCUT2D eigenvalue weighted by molar-refractivity contribution is -0.131. The Kier molecular flexibility index (Phi) is 3.61. The first-order chi connectivity index (χ1) is 9.04. The second-order valence-corrected chi connectivity index (χ2v) is 4.06. The molecule has 1 amide bonds. The summed E-state index contributed by atoms with van der Waals surface area (Å²) in [5, 5.41) is 11.0. The second-order valence-electron chi connectivity index (χ2n) is 4.06. The summed E-state index contributed by atoms with van der Waals surface area (Å²) in [6, 6.07) is 5.63. The van der Waals surface area contributed by atoms with Gasteiger partial charge in [-0.1, -0.05) is 6.07 Å². The number of aryl methyl sites for hydroxylation is 1. The van der Waals surface area contributed by atoms with Gasteiger partial charge in [-0.15, -0.1) is 0 Å². The molecule has 6 nitrogen and oxygen atoms in total. The van der Waals surface area contributed by atoms with E-state index in [1.54, 1.807) is 0 Å². The zero-order valence-corrected chi connectivity index (χ0v) is 10.3. The first-order valence-corrected chi connectivity index (χ1v) is 5.68. The van der Waals surface area contributed by atoms with E-state index in [-0.39, 0.29) is 0 Å². The van der Waals surface area contributed by atoms with Gasteiger partial charge in [0.15, 0.2) is 0 Å². The zero-order valence-electron chi connectivity index (χ0n) is 10.3. The molecular formula is C13H13N3O3. The molecule has 2 rings (SSSR count). The number of rotatable bonds is 4. The van der Waals surface area contributed by atoms with Crippen LogP contribution in [0.3, 0.4) is 0 Å². The molecule has 1 heterocycles. The van der Waals surface area contributed by atoms with E-state index < -0.39 is 11.9 Å². The van der Waals surface area contributed by atoms with E-state index in [4.69, 9.17) is 5.11 Å². The second kappa shape index (κ2) is 5.34. The Morgan fingerprint density at radius 3 is 2.95 bits per heavy atom. The van der Waals surface area contributed by atoms with Crippen LogP contribution in [-0.4, -0.2) is 27.0 Å². The molecule has 1 aromatic carbocycles. The van der Waals surface area contributed by atoms with Crippen LogP contribution in [0.15, 0.2) is 30.4 Å². The molecule has 3 N–H and O–H groups in total. The number of H-pyrrole nitrogens is 1. The standard InChI is InChI=1S/C13H13N3O3/c1-8-15-10-3-2-9(6-11(10)16-8)7-14-12(17)4-5-13(18)19/h2-6H,7H2,1H3,(H,14,17)(H,15,16)(H,18,19)/b5-4+. The van der Waals surface area contributed by atoms with Gasteiger partial charge < -0.3 is 15.4 Å². The summed E-state index contributed by atoms with van der Waals surface area (Å²) >= 11 is 0. The molecule has 0 saturated heterocycles. The number of amides is 1. The van der Waals surface area contributed by atoms with Crippen LogP contribution < -0.4 is 5.32 Å². The minimum atomic E-state index is -1.15. The molecule has 1 aromatic heterocycles. The number of aromatic nitrogens is 2. The monoisotopic (exact) mass is 259 g/mol. The van der Waals surface area contributed by atoms with Gasteiger partial charge in [0.05, 0.1) is 11.0 Å². The Morgan fingerprint density at radius 2 is 2.21 bits per heavy atom. The summed E-state index contributed by atoms with van der Waals surface area (Å²) in [7, 11) is 0. The number of benzene rings is 1. The van der Waals surface area contributed by atoms with Crippen molar-refractivity contribution in [3.63, 3.8) is 0 Å². The molecule has 2 aromatic rings. The number of hydrogen-bond acceptors (Lipinski definition) is 3. The number of imidazole rings is 1. The number of aliphatic carboxylic acids is 1. The molecule has 0 fully saturated rings. The molecule has 6 heteroatoms. The molecule has 0 spiro atoms. The number of aromatic amines is 1. The molecule has 0 aliphatic rings. The van der Waals surface area contributed by atoms with Crippen LogP contribution >= 0.6 is 0 Å². The van der Waals surface area contributed by atoms with Crippen molar-refractivity contribution in [2.45, 2.75) is 13.5 Å².